The molecule has 0 amide bonds. The quantitative estimate of drug-likeness (QED) is 0.312. The van der Waals surface area contributed by atoms with Crippen LogP contribution >= 0.6 is 11.8 Å². The molecule has 2 atom stereocenters. The van der Waals surface area contributed by atoms with Crippen LogP contribution in [0.25, 0.3) is 0 Å². The molecule has 0 aliphatic heterocycles. The second-order valence-corrected chi connectivity index (χ2v) is 8.62. The number of aliphatic hydroxyl groups excluding tert-OH is 2. The molecule has 2 aromatic carbocycles. The van der Waals surface area contributed by atoms with Crippen LogP contribution in [0.15, 0.2) is 58.3 Å². The van der Waals surface area contributed by atoms with E-state index in [0.717, 1.165) is 29.2 Å². The maximum absolute atomic E-state index is 9.99. The maximum Gasteiger partial charge on any atom is 0.119 e. The molecule has 0 saturated heterocycles. The van der Waals surface area contributed by atoms with Crippen molar-refractivity contribution >= 4 is 11.8 Å². The first-order valence-corrected chi connectivity index (χ1v) is 12.1. The summed E-state index contributed by atoms with van der Waals surface area (Å²) in [5.74, 6) is 1.39. The van der Waals surface area contributed by atoms with Crippen molar-refractivity contribution in [1.29, 1.82) is 0 Å². The Bertz CT molecular complexity index is 739. The summed E-state index contributed by atoms with van der Waals surface area (Å²) in [7, 11) is 1.54. The number of hydrogen-bond acceptors (Lipinski definition) is 8. The van der Waals surface area contributed by atoms with Crippen molar-refractivity contribution in [3.63, 3.8) is 0 Å². The SMILES string of the molecule is CCCCOCCOCC(O)COc1ccc(Sc2ccc(OCC(O)COC)cc2)cc1. The minimum absolute atomic E-state index is 0.170. The van der Waals surface area contributed by atoms with E-state index in [1.165, 1.54) is 0 Å². The summed E-state index contributed by atoms with van der Waals surface area (Å²) >= 11 is 1.62. The molecule has 0 aromatic heterocycles. The van der Waals surface area contributed by atoms with E-state index in [9.17, 15) is 10.2 Å². The van der Waals surface area contributed by atoms with Crippen molar-refractivity contribution < 1.29 is 33.9 Å². The van der Waals surface area contributed by atoms with E-state index in [1.54, 1.807) is 18.9 Å². The molecule has 184 valence electrons. The molecule has 0 fully saturated rings. The topological polar surface area (TPSA) is 86.6 Å². The molecule has 2 unspecified atom stereocenters. The van der Waals surface area contributed by atoms with Crippen LogP contribution in [0, 0.1) is 0 Å². The van der Waals surface area contributed by atoms with Gasteiger partial charge in [0.2, 0.25) is 0 Å². The Morgan fingerprint density at radius 1 is 0.697 bits per heavy atom. The zero-order valence-corrected chi connectivity index (χ0v) is 20.3. The van der Waals surface area contributed by atoms with Crippen molar-refractivity contribution in [2.24, 2.45) is 0 Å². The molecule has 0 bridgehead atoms. The molecule has 2 N–H and O–H groups in total. The highest BCUT2D eigenvalue weighted by molar-refractivity contribution is 7.99. The molecular weight excluding hydrogens is 444 g/mol. The van der Waals surface area contributed by atoms with Gasteiger partial charge in [0.25, 0.3) is 0 Å². The molecule has 8 heteroatoms. The lowest BCUT2D eigenvalue weighted by molar-refractivity contribution is -0.0111. The van der Waals surface area contributed by atoms with Crippen molar-refractivity contribution in [3.8, 4) is 11.5 Å². The van der Waals surface area contributed by atoms with E-state index in [0.29, 0.717) is 24.7 Å². The van der Waals surface area contributed by atoms with Gasteiger partial charge >= 0.3 is 0 Å². The van der Waals surface area contributed by atoms with Gasteiger partial charge in [0.1, 0.15) is 36.9 Å². The van der Waals surface area contributed by atoms with Gasteiger partial charge in [-0.25, -0.2) is 0 Å². The lowest BCUT2D eigenvalue weighted by Crippen LogP contribution is -2.24. The molecule has 33 heavy (non-hydrogen) atoms. The number of aliphatic hydroxyl groups is 2. The number of methoxy groups -OCH3 is 1. The minimum Gasteiger partial charge on any atom is -0.491 e. The number of unbranched alkanes of at least 4 members (excludes halogenated alkanes) is 1. The van der Waals surface area contributed by atoms with E-state index in [4.69, 9.17) is 23.7 Å². The van der Waals surface area contributed by atoms with Gasteiger partial charge in [-0.3, -0.25) is 0 Å². The summed E-state index contributed by atoms with van der Waals surface area (Å²) in [4.78, 5) is 2.14. The van der Waals surface area contributed by atoms with Gasteiger partial charge in [0.05, 0.1) is 26.4 Å². The normalized spacial score (nSPS) is 13.0. The van der Waals surface area contributed by atoms with Gasteiger partial charge in [-0.1, -0.05) is 25.1 Å². The van der Waals surface area contributed by atoms with Gasteiger partial charge < -0.3 is 33.9 Å². The Labute approximate surface area is 201 Å². The molecule has 0 spiro atoms. The lowest BCUT2D eigenvalue weighted by Gasteiger charge is -2.13. The van der Waals surface area contributed by atoms with E-state index in [-0.39, 0.29) is 26.4 Å². The first-order chi connectivity index (χ1) is 16.1. The van der Waals surface area contributed by atoms with Gasteiger partial charge in [0, 0.05) is 23.5 Å². The summed E-state index contributed by atoms with van der Waals surface area (Å²) in [5.41, 5.74) is 0. The average Bonchev–Trinajstić information content (AvgIpc) is 2.83. The molecule has 2 rings (SSSR count). The first kappa shape index (κ1) is 27.4. The van der Waals surface area contributed by atoms with E-state index in [2.05, 4.69) is 6.92 Å². The third-order valence-electron chi connectivity index (χ3n) is 4.45. The second kappa shape index (κ2) is 16.7. The summed E-state index contributed by atoms with van der Waals surface area (Å²) in [6.07, 6.45) is 0.831. The van der Waals surface area contributed by atoms with E-state index >= 15 is 0 Å². The Kier molecular flexibility index (Phi) is 13.9. The number of benzene rings is 2. The highest BCUT2D eigenvalue weighted by Crippen LogP contribution is 2.30. The number of rotatable bonds is 18. The van der Waals surface area contributed by atoms with Crippen LogP contribution in [0.4, 0.5) is 0 Å². The zero-order chi connectivity index (χ0) is 23.7. The highest BCUT2D eigenvalue weighted by atomic mass is 32.2. The summed E-state index contributed by atoms with van der Waals surface area (Å²) in [5, 5.41) is 19.6. The van der Waals surface area contributed by atoms with Crippen molar-refractivity contribution in [1.82, 2.24) is 0 Å². The minimum atomic E-state index is -0.689. The Hall–Kier alpha value is -1.81. The molecule has 2 aromatic rings. The Balaban J connectivity index is 1.65. The van der Waals surface area contributed by atoms with Crippen LogP contribution in [0.3, 0.4) is 0 Å². The van der Waals surface area contributed by atoms with Crippen LogP contribution in [0.1, 0.15) is 19.8 Å². The summed E-state index contributed by atoms with van der Waals surface area (Å²) in [6.45, 7) is 4.71. The van der Waals surface area contributed by atoms with Crippen LogP contribution < -0.4 is 9.47 Å². The fourth-order valence-electron chi connectivity index (χ4n) is 2.70. The standard InChI is InChI=1S/C25H36O7S/c1-3-4-13-29-14-15-30-17-21(27)19-32-23-7-11-25(12-8-23)33-24-9-5-22(6-10-24)31-18-20(26)16-28-2/h5-12,20-21,26-27H,3-4,13-19H2,1-2H3. The zero-order valence-electron chi connectivity index (χ0n) is 19.5. The fraction of sp³-hybridized carbons (Fsp3) is 0.520. The van der Waals surface area contributed by atoms with Gasteiger partial charge in [-0.05, 0) is 55.0 Å². The molecule has 0 radical (unpaired) electrons. The van der Waals surface area contributed by atoms with Crippen LogP contribution in [-0.2, 0) is 14.2 Å². The number of ether oxygens (including phenoxy) is 5. The third-order valence-corrected chi connectivity index (χ3v) is 5.47. The van der Waals surface area contributed by atoms with Gasteiger partial charge in [0.15, 0.2) is 0 Å². The average molecular weight is 481 g/mol. The van der Waals surface area contributed by atoms with Gasteiger partial charge in [-0.15, -0.1) is 0 Å². The largest absolute Gasteiger partial charge is 0.491 e. The second-order valence-electron chi connectivity index (χ2n) is 7.47. The van der Waals surface area contributed by atoms with E-state index < -0.39 is 12.2 Å². The molecule has 0 aliphatic rings. The molecule has 0 saturated carbocycles. The molecule has 0 heterocycles. The van der Waals surface area contributed by atoms with Crippen molar-refractivity contribution in [2.75, 3.05) is 53.4 Å². The summed E-state index contributed by atoms with van der Waals surface area (Å²) in [6, 6.07) is 15.4. The smallest absolute Gasteiger partial charge is 0.119 e. The van der Waals surface area contributed by atoms with Crippen molar-refractivity contribution in [2.45, 2.75) is 41.8 Å². The van der Waals surface area contributed by atoms with Crippen molar-refractivity contribution in [3.05, 3.63) is 48.5 Å². The van der Waals surface area contributed by atoms with Crippen LogP contribution in [0.2, 0.25) is 0 Å². The first-order valence-electron chi connectivity index (χ1n) is 11.2. The van der Waals surface area contributed by atoms with Crippen LogP contribution in [-0.4, -0.2) is 75.8 Å². The monoisotopic (exact) mass is 480 g/mol. The molecule has 0 aliphatic carbocycles. The fourth-order valence-corrected chi connectivity index (χ4v) is 3.52. The lowest BCUT2D eigenvalue weighted by atomic mass is 10.3. The number of hydrogen-bond donors (Lipinski definition) is 2. The Morgan fingerprint density at radius 3 is 1.73 bits per heavy atom. The molecular formula is C25H36O7S. The van der Waals surface area contributed by atoms with E-state index in [1.807, 2.05) is 48.5 Å². The predicted molar refractivity (Wildman–Crippen MR) is 128 cm³/mol. The predicted octanol–water partition coefficient (Wildman–Crippen LogP) is 3.80. The maximum atomic E-state index is 9.99. The van der Waals surface area contributed by atoms with Gasteiger partial charge in [-0.2, -0.15) is 0 Å². The highest BCUT2D eigenvalue weighted by Gasteiger charge is 2.07. The molecule has 7 nitrogen and oxygen atoms in total. The summed E-state index contributed by atoms with van der Waals surface area (Å²) < 4.78 is 26.9. The Morgan fingerprint density at radius 2 is 1.21 bits per heavy atom. The van der Waals surface area contributed by atoms with Crippen LogP contribution in [0.5, 0.6) is 11.5 Å². The third kappa shape index (κ3) is 12.3.